The zero-order valence-corrected chi connectivity index (χ0v) is 16.4. The lowest BCUT2D eigenvalue weighted by Crippen LogP contribution is -2.59. The van der Waals surface area contributed by atoms with Gasteiger partial charge in [-0.1, -0.05) is 18.9 Å². The Hall–Kier alpha value is -0.850. The molecule has 4 fully saturated rings. The van der Waals surface area contributed by atoms with Gasteiger partial charge in [-0.25, -0.2) is 0 Å². The highest BCUT2D eigenvalue weighted by molar-refractivity contribution is 5.85. The number of ether oxygens (including phenoxy) is 1. The summed E-state index contributed by atoms with van der Waals surface area (Å²) in [6.45, 7) is 6.96. The molecule has 7 heteroatoms. The summed E-state index contributed by atoms with van der Waals surface area (Å²) in [5.41, 5.74) is 1.10. The summed E-state index contributed by atoms with van der Waals surface area (Å²) in [6.07, 6.45) is 7.92. The van der Waals surface area contributed by atoms with E-state index in [4.69, 9.17) is 9.15 Å². The predicted molar refractivity (Wildman–Crippen MR) is 98.9 cm³/mol. The molecule has 0 spiro atoms. The van der Waals surface area contributed by atoms with Crippen LogP contribution < -0.4 is 10.6 Å². The minimum Gasteiger partial charge on any atom is -0.407 e. The van der Waals surface area contributed by atoms with E-state index < -0.39 is 0 Å². The SMILES string of the molecule is CNCc1nnc(NCCOC23CC4CC(C)(CC(C)(C4)C2)C3)o1.Cl. The van der Waals surface area contributed by atoms with Gasteiger partial charge in [0, 0.05) is 6.54 Å². The van der Waals surface area contributed by atoms with Gasteiger partial charge in [0.1, 0.15) is 0 Å². The van der Waals surface area contributed by atoms with E-state index in [1.54, 1.807) is 0 Å². The van der Waals surface area contributed by atoms with Gasteiger partial charge < -0.3 is 19.8 Å². The fourth-order valence-electron chi connectivity index (χ4n) is 6.48. The highest BCUT2D eigenvalue weighted by atomic mass is 35.5. The van der Waals surface area contributed by atoms with Crippen LogP contribution in [0.1, 0.15) is 58.3 Å². The number of nitrogens with one attached hydrogen (secondary N) is 2. The summed E-state index contributed by atoms with van der Waals surface area (Å²) < 4.78 is 12.0. The molecule has 4 bridgehead atoms. The van der Waals surface area contributed by atoms with E-state index in [1.165, 1.54) is 38.5 Å². The van der Waals surface area contributed by atoms with Crippen LogP contribution in [0.4, 0.5) is 6.01 Å². The third-order valence-corrected chi connectivity index (χ3v) is 6.16. The third kappa shape index (κ3) is 3.81. The van der Waals surface area contributed by atoms with Crippen molar-refractivity contribution in [2.24, 2.45) is 16.7 Å². The summed E-state index contributed by atoms with van der Waals surface area (Å²) in [5, 5.41) is 14.2. The van der Waals surface area contributed by atoms with E-state index in [9.17, 15) is 0 Å². The van der Waals surface area contributed by atoms with Gasteiger partial charge in [0.25, 0.3) is 0 Å². The molecule has 2 atom stereocenters. The fraction of sp³-hybridized carbons (Fsp3) is 0.889. The van der Waals surface area contributed by atoms with Crippen molar-refractivity contribution in [3.05, 3.63) is 5.89 Å². The van der Waals surface area contributed by atoms with Crippen LogP contribution in [0.2, 0.25) is 0 Å². The maximum absolute atomic E-state index is 6.48. The molecule has 25 heavy (non-hydrogen) atoms. The summed E-state index contributed by atoms with van der Waals surface area (Å²) in [4.78, 5) is 0. The van der Waals surface area contributed by atoms with E-state index >= 15 is 0 Å². The van der Waals surface area contributed by atoms with Gasteiger partial charge in [0.2, 0.25) is 5.89 Å². The van der Waals surface area contributed by atoms with E-state index in [0.29, 0.717) is 42.4 Å². The second-order valence-corrected chi connectivity index (χ2v) is 9.12. The topological polar surface area (TPSA) is 72.2 Å². The van der Waals surface area contributed by atoms with Gasteiger partial charge in [0.15, 0.2) is 0 Å². The quantitative estimate of drug-likeness (QED) is 0.717. The lowest BCUT2D eigenvalue weighted by atomic mass is 9.43. The molecule has 0 amide bonds. The van der Waals surface area contributed by atoms with E-state index in [2.05, 4.69) is 34.7 Å². The minimum absolute atomic E-state index is 0. The van der Waals surface area contributed by atoms with Crippen LogP contribution in [0.25, 0.3) is 0 Å². The summed E-state index contributed by atoms with van der Waals surface area (Å²) in [5.74, 6) is 1.46. The van der Waals surface area contributed by atoms with Crippen molar-refractivity contribution in [1.29, 1.82) is 0 Å². The Morgan fingerprint density at radius 2 is 1.84 bits per heavy atom. The maximum Gasteiger partial charge on any atom is 0.315 e. The Morgan fingerprint density at radius 3 is 2.48 bits per heavy atom. The highest BCUT2D eigenvalue weighted by Gasteiger charge is 2.60. The van der Waals surface area contributed by atoms with Crippen molar-refractivity contribution in [2.75, 3.05) is 25.5 Å². The standard InChI is InChI=1S/C18H30N4O2.ClH/c1-16-6-13-7-17(2,10-16)12-18(8-13,11-16)23-5-4-20-15-22-21-14(24-15)9-19-3;/h13,19H,4-12H2,1-3H3,(H,20,22);1H. The maximum atomic E-state index is 6.48. The van der Waals surface area contributed by atoms with Gasteiger partial charge in [-0.3, -0.25) is 0 Å². The van der Waals surface area contributed by atoms with Gasteiger partial charge in [-0.15, -0.1) is 17.5 Å². The van der Waals surface area contributed by atoms with Crippen molar-refractivity contribution in [2.45, 2.75) is 64.5 Å². The number of hydrogen-bond acceptors (Lipinski definition) is 6. The molecule has 2 N–H and O–H groups in total. The van der Waals surface area contributed by atoms with Gasteiger partial charge >= 0.3 is 6.01 Å². The largest absolute Gasteiger partial charge is 0.407 e. The summed E-state index contributed by atoms with van der Waals surface area (Å²) in [6, 6.07) is 0.480. The van der Waals surface area contributed by atoms with E-state index in [1.807, 2.05) is 7.05 Å². The Kier molecular flexibility index (Phi) is 5.08. The fourth-order valence-corrected chi connectivity index (χ4v) is 6.48. The minimum atomic E-state index is 0. The van der Waals surface area contributed by atoms with Crippen LogP contribution in [-0.2, 0) is 11.3 Å². The van der Waals surface area contributed by atoms with Crippen LogP contribution in [0.15, 0.2) is 4.42 Å². The number of hydrogen-bond donors (Lipinski definition) is 2. The number of anilines is 1. The van der Waals surface area contributed by atoms with Crippen LogP contribution in [0.5, 0.6) is 0 Å². The molecular weight excluding hydrogens is 340 g/mol. The zero-order chi connectivity index (χ0) is 16.8. The second kappa shape index (κ2) is 6.71. The smallest absolute Gasteiger partial charge is 0.315 e. The molecule has 0 aliphatic heterocycles. The van der Waals surface area contributed by atoms with Crippen molar-refractivity contribution in [3.63, 3.8) is 0 Å². The first kappa shape index (κ1) is 18.9. The van der Waals surface area contributed by atoms with Crippen LogP contribution in [0, 0.1) is 16.7 Å². The second-order valence-electron chi connectivity index (χ2n) is 9.12. The van der Waals surface area contributed by atoms with Crippen molar-refractivity contribution >= 4 is 18.4 Å². The molecule has 1 heterocycles. The molecule has 6 nitrogen and oxygen atoms in total. The Balaban J connectivity index is 0.00000182. The first-order chi connectivity index (χ1) is 11.4. The van der Waals surface area contributed by atoms with Crippen molar-refractivity contribution in [3.8, 4) is 0 Å². The normalized spacial score (nSPS) is 38.6. The number of rotatable bonds is 7. The predicted octanol–water partition coefficient (Wildman–Crippen LogP) is 3.39. The molecule has 1 aromatic rings. The average Bonchev–Trinajstić information content (AvgIpc) is 2.88. The molecule has 4 aliphatic carbocycles. The van der Waals surface area contributed by atoms with Crippen LogP contribution >= 0.6 is 12.4 Å². The number of nitrogens with zero attached hydrogens (tertiary/aromatic N) is 2. The van der Waals surface area contributed by atoms with E-state index in [-0.39, 0.29) is 18.0 Å². The van der Waals surface area contributed by atoms with Crippen LogP contribution in [-0.4, -0.2) is 36.0 Å². The molecule has 0 radical (unpaired) electrons. The van der Waals surface area contributed by atoms with Crippen molar-refractivity contribution < 1.29 is 9.15 Å². The van der Waals surface area contributed by atoms with Gasteiger partial charge in [-0.05, 0) is 62.3 Å². The lowest BCUT2D eigenvalue weighted by molar-refractivity contribution is -0.212. The molecule has 1 aromatic heterocycles. The Bertz CT molecular complexity index is 590. The molecule has 142 valence electrons. The molecular formula is C18H31ClN4O2. The third-order valence-electron chi connectivity index (χ3n) is 6.16. The highest BCUT2D eigenvalue weighted by Crippen LogP contribution is 2.67. The molecule has 0 saturated heterocycles. The van der Waals surface area contributed by atoms with Crippen molar-refractivity contribution in [1.82, 2.24) is 15.5 Å². The van der Waals surface area contributed by atoms with E-state index in [0.717, 1.165) is 5.92 Å². The molecule has 0 aromatic carbocycles. The first-order valence-corrected chi connectivity index (χ1v) is 9.27. The summed E-state index contributed by atoms with van der Waals surface area (Å²) >= 11 is 0. The van der Waals surface area contributed by atoms with Gasteiger partial charge in [0.05, 0.1) is 18.8 Å². The molecule has 4 saturated carbocycles. The Morgan fingerprint density at radius 1 is 1.12 bits per heavy atom. The average molecular weight is 371 g/mol. The molecule has 2 unspecified atom stereocenters. The Labute approximate surface area is 156 Å². The zero-order valence-electron chi connectivity index (χ0n) is 15.6. The molecule has 5 rings (SSSR count). The number of aromatic nitrogens is 2. The first-order valence-electron chi connectivity index (χ1n) is 9.27. The monoisotopic (exact) mass is 370 g/mol. The van der Waals surface area contributed by atoms with Crippen LogP contribution in [0.3, 0.4) is 0 Å². The lowest BCUT2D eigenvalue weighted by Gasteiger charge is -2.65. The number of halogens is 1. The summed E-state index contributed by atoms with van der Waals surface area (Å²) in [7, 11) is 1.86. The molecule has 4 aliphatic rings. The van der Waals surface area contributed by atoms with Gasteiger partial charge in [-0.2, -0.15) is 0 Å².